The van der Waals surface area contributed by atoms with Crippen molar-refractivity contribution >= 4 is 5.97 Å². The molecule has 1 heterocycles. The van der Waals surface area contributed by atoms with Gasteiger partial charge in [0.15, 0.2) is 11.5 Å². The molecule has 3 aromatic carbocycles. The number of benzene rings is 3. The Morgan fingerprint density at radius 1 is 0.875 bits per heavy atom. The predicted molar refractivity (Wildman–Crippen MR) is 125 cm³/mol. The fourth-order valence-corrected chi connectivity index (χ4v) is 4.61. The van der Waals surface area contributed by atoms with Crippen LogP contribution in [0.4, 0.5) is 0 Å². The summed E-state index contributed by atoms with van der Waals surface area (Å²) in [7, 11) is 3.30. The zero-order valence-corrected chi connectivity index (χ0v) is 18.5. The van der Waals surface area contributed by atoms with Gasteiger partial charge in [-0.1, -0.05) is 66.7 Å². The zero-order chi connectivity index (χ0) is 22.5. The molecule has 5 heteroatoms. The summed E-state index contributed by atoms with van der Waals surface area (Å²) in [6, 6.07) is 24.8. The van der Waals surface area contributed by atoms with Gasteiger partial charge in [0.1, 0.15) is 0 Å². The minimum absolute atomic E-state index is 0.0559. The highest BCUT2D eigenvalue weighted by Crippen LogP contribution is 2.41. The topological polar surface area (TPSA) is 59.0 Å². The molecular weight excluding hydrogens is 402 g/mol. The lowest BCUT2D eigenvalue weighted by atomic mass is 9.90. The number of likely N-dealkylation sites (tertiary alicyclic amines) is 1. The summed E-state index contributed by atoms with van der Waals surface area (Å²) < 4.78 is 11.3. The molecule has 3 aromatic rings. The van der Waals surface area contributed by atoms with Crippen LogP contribution < -0.4 is 9.47 Å². The molecule has 1 atom stereocenters. The van der Waals surface area contributed by atoms with Gasteiger partial charge in [-0.25, -0.2) is 0 Å². The molecule has 0 aromatic heterocycles. The van der Waals surface area contributed by atoms with E-state index >= 15 is 0 Å². The first-order chi connectivity index (χ1) is 15.6. The molecule has 1 N–H and O–H groups in total. The maximum atomic E-state index is 11.5. The average Bonchev–Trinajstić information content (AvgIpc) is 2.85. The van der Waals surface area contributed by atoms with E-state index in [1.807, 2.05) is 30.3 Å². The summed E-state index contributed by atoms with van der Waals surface area (Å²) in [5.74, 6) is 0.427. The van der Waals surface area contributed by atoms with Crippen LogP contribution in [-0.4, -0.2) is 43.3 Å². The number of nitrogens with zero attached hydrogens (tertiary/aromatic N) is 1. The standard InChI is InChI=1S/C27H29NO4/c1-31-24-10-6-9-23(26(24)32-2)25(28-17-15-22(16-18-28)27(29)30)21-13-11-20(12-14-21)19-7-4-3-5-8-19/h3-14,22,25H,15-18H2,1-2H3,(H,29,30). The second-order valence-corrected chi connectivity index (χ2v) is 8.12. The molecule has 0 saturated carbocycles. The maximum absolute atomic E-state index is 11.5. The summed E-state index contributed by atoms with van der Waals surface area (Å²) in [6.45, 7) is 1.42. The normalized spacial score (nSPS) is 15.8. The molecule has 0 amide bonds. The Morgan fingerprint density at radius 2 is 1.53 bits per heavy atom. The highest BCUT2D eigenvalue weighted by atomic mass is 16.5. The number of aliphatic carboxylic acids is 1. The number of carbonyl (C=O) groups is 1. The molecule has 166 valence electrons. The Morgan fingerprint density at radius 3 is 2.12 bits per heavy atom. The molecule has 1 fully saturated rings. The van der Waals surface area contributed by atoms with Gasteiger partial charge in [0, 0.05) is 5.56 Å². The summed E-state index contributed by atoms with van der Waals surface area (Å²) in [6.07, 6.45) is 1.28. The number of methoxy groups -OCH3 is 2. The summed E-state index contributed by atoms with van der Waals surface area (Å²) >= 11 is 0. The first-order valence-corrected chi connectivity index (χ1v) is 11.0. The van der Waals surface area contributed by atoms with E-state index < -0.39 is 5.97 Å². The molecule has 1 aliphatic rings. The average molecular weight is 432 g/mol. The Balaban J connectivity index is 1.73. The van der Waals surface area contributed by atoms with Crippen LogP contribution >= 0.6 is 0 Å². The van der Waals surface area contributed by atoms with Gasteiger partial charge in [-0.3, -0.25) is 9.69 Å². The van der Waals surface area contributed by atoms with E-state index in [1.165, 1.54) is 5.56 Å². The number of carboxylic acids is 1. The molecule has 0 radical (unpaired) electrons. The van der Waals surface area contributed by atoms with Crippen LogP contribution in [0.5, 0.6) is 11.5 Å². The number of ether oxygens (including phenoxy) is 2. The van der Waals surface area contributed by atoms with E-state index in [0.717, 1.165) is 16.7 Å². The Hall–Kier alpha value is -3.31. The Kier molecular flexibility index (Phi) is 6.76. The molecule has 1 aliphatic heterocycles. The van der Waals surface area contributed by atoms with Crippen LogP contribution in [0.15, 0.2) is 72.8 Å². The third-order valence-electron chi connectivity index (χ3n) is 6.31. The van der Waals surface area contributed by atoms with Crippen molar-refractivity contribution in [3.8, 4) is 22.6 Å². The van der Waals surface area contributed by atoms with E-state index in [1.54, 1.807) is 14.2 Å². The first kappa shape index (κ1) is 21.9. The Bertz CT molecular complexity index is 1040. The van der Waals surface area contributed by atoms with Gasteiger partial charge < -0.3 is 14.6 Å². The number of piperidine rings is 1. The lowest BCUT2D eigenvalue weighted by Gasteiger charge is -2.37. The number of carboxylic acid groups (broad SMARTS) is 1. The van der Waals surface area contributed by atoms with Crippen molar-refractivity contribution in [3.05, 3.63) is 83.9 Å². The second kappa shape index (κ2) is 9.88. The largest absolute Gasteiger partial charge is 0.493 e. The Labute approximate surface area is 189 Å². The van der Waals surface area contributed by atoms with Crippen molar-refractivity contribution in [2.45, 2.75) is 18.9 Å². The van der Waals surface area contributed by atoms with Crippen molar-refractivity contribution in [2.75, 3.05) is 27.3 Å². The van der Waals surface area contributed by atoms with Gasteiger partial charge in [0.05, 0.1) is 26.2 Å². The molecule has 32 heavy (non-hydrogen) atoms. The molecule has 5 nitrogen and oxygen atoms in total. The van der Waals surface area contributed by atoms with Gasteiger partial charge in [-0.05, 0) is 48.7 Å². The number of hydrogen-bond acceptors (Lipinski definition) is 4. The monoisotopic (exact) mass is 431 g/mol. The molecule has 0 spiro atoms. The molecule has 1 unspecified atom stereocenters. The van der Waals surface area contributed by atoms with Gasteiger partial charge in [-0.15, -0.1) is 0 Å². The fourth-order valence-electron chi connectivity index (χ4n) is 4.61. The molecule has 0 aliphatic carbocycles. The van der Waals surface area contributed by atoms with Gasteiger partial charge >= 0.3 is 5.97 Å². The van der Waals surface area contributed by atoms with Crippen LogP contribution in [0.2, 0.25) is 0 Å². The lowest BCUT2D eigenvalue weighted by Crippen LogP contribution is -2.39. The van der Waals surface area contributed by atoms with Gasteiger partial charge in [0.25, 0.3) is 0 Å². The smallest absolute Gasteiger partial charge is 0.306 e. The van der Waals surface area contributed by atoms with E-state index in [2.05, 4.69) is 47.4 Å². The van der Waals surface area contributed by atoms with Gasteiger partial charge in [0.2, 0.25) is 0 Å². The van der Waals surface area contributed by atoms with E-state index in [-0.39, 0.29) is 12.0 Å². The van der Waals surface area contributed by atoms with E-state index in [0.29, 0.717) is 37.4 Å². The van der Waals surface area contributed by atoms with Crippen molar-refractivity contribution in [2.24, 2.45) is 5.92 Å². The van der Waals surface area contributed by atoms with Crippen LogP contribution in [0.1, 0.15) is 30.0 Å². The SMILES string of the molecule is COc1cccc(C(c2ccc(-c3ccccc3)cc2)N2CCC(C(=O)O)CC2)c1OC. The van der Waals surface area contributed by atoms with Crippen LogP contribution in [0, 0.1) is 5.92 Å². The van der Waals surface area contributed by atoms with E-state index in [4.69, 9.17) is 9.47 Å². The van der Waals surface area contributed by atoms with Crippen molar-refractivity contribution < 1.29 is 19.4 Å². The van der Waals surface area contributed by atoms with Crippen LogP contribution in [0.25, 0.3) is 11.1 Å². The summed E-state index contributed by atoms with van der Waals surface area (Å²) in [5, 5.41) is 9.43. The second-order valence-electron chi connectivity index (χ2n) is 8.12. The highest BCUT2D eigenvalue weighted by Gasteiger charge is 2.32. The maximum Gasteiger partial charge on any atom is 0.306 e. The van der Waals surface area contributed by atoms with Gasteiger partial charge in [-0.2, -0.15) is 0 Å². The summed E-state index contributed by atoms with van der Waals surface area (Å²) in [4.78, 5) is 13.8. The summed E-state index contributed by atoms with van der Waals surface area (Å²) in [5.41, 5.74) is 4.50. The third kappa shape index (κ3) is 4.48. The number of hydrogen-bond donors (Lipinski definition) is 1. The minimum Gasteiger partial charge on any atom is -0.493 e. The molecule has 0 bridgehead atoms. The zero-order valence-electron chi connectivity index (χ0n) is 18.5. The van der Waals surface area contributed by atoms with Crippen molar-refractivity contribution in [3.63, 3.8) is 0 Å². The molecular formula is C27H29NO4. The minimum atomic E-state index is -0.702. The van der Waals surface area contributed by atoms with Crippen LogP contribution in [0.3, 0.4) is 0 Å². The predicted octanol–water partition coefficient (Wildman–Crippen LogP) is 5.26. The third-order valence-corrected chi connectivity index (χ3v) is 6.31. The number of rotatable bonds is 7. The molecule has 4 rings (SSSR count). The van der Waals surface area contributed by atoms with Crippen molar-refractivity contribution in [1.82, 2.24) is 4.90 Å². The molecule has 1 saturated heterocycles. The first-order valence-electron chi connectivity index (χ1n) is 11.0. The lowest BCUT2D eigenvalue weighted by molar-refractivity contribution is -0.143. The van der Waals surface area contributed by atoms with Crippen LogP contribution in [-0.2, 0) is 4.79 Å². The number of para-hydroxylation sites is 1. The fraction of sp³-hybridized carbons (Fsp3) is 0.296. The highest BCUT2D eigenvalue weighted by molar-refractivity contribution is 5.70. The quantitative estimate of drug-likeness (QED) is 0.553. The van der Waals surface area contributed by atoms with Crippen molar-refractivity contribution in [1.29, 1.82) is 0 Å². The van der Waals surface area contributed by atoms with E-state index in [9.17, 15) is 9.90 Å².